The fraction of sp³-hybridized carbons (Fsp3) is 0.190. The maximum absolute atomic E-state index is 6.24. The van der Waals surface area contributed by atoms with E-state index in [2.05, 4.69) is 53.4 Å². The molecule has 0 N–H and O–H groups in total. The summed E-state index contributed by atoms with van der Waals surface area (Å²) in [5, 5.41) is 0.712. The molecule has 26 heavy (non-hydrogen) atoms. The number of hydrogen-bond acceptors (Lipinski definition) is 2. The van der Waals surface area contributed by atoms with Gasteiger partial charge in [0.1, 0.15) is 5.75 Å². The van der Waals surface area contributed by atoms with E-state index < -0.39 is 0 Å². The average molecular weight is 388 g/mol. The Labute approximate surface area is 164 Å². The van der Waals surface area contributed by atoms with Crippen molar-refractivity contribution in [3.05, 3.63) is 94.3 Å². The van der Waals surface area contributed by atoms with E-state index in [-0.39, 0.29) is 12.4 Å². The van der Waals surface area contributed by atoms with E-state index in [0.717, 1.165) is 23.3 Å². The summed E-state index contributed by atoms with van der Waals surface area (Å²) in [7, 11) is 0. The van der Waals surface area contributed by atoms with Crippen LogP contribution in [0.2, 0.25) is 5.02 Å². The Morgan fingerprint density at radius 2 is 1.69 bits per heavy atom. The summed E-state index contributed by atoms with van der Waals surface area (Å²) in [6, 6.07) is 18.7. The van der Waals surface area contributed by atoms with E-state index in [1.807, 2.05) is 18.2 Å². The van der Waals surface area contributed by atoms with E-state index in [1.54, 1.807) is 0 Å². The van der Waals surface area contributed by atoms with Crippen LogP contribution in [0, 0.1) is 0 Å². The molecule has 0 amide bonds. The molecule has 0 atom stereocenters. The van der Waals surface area contributed by atoms with Gasteiger partial charge in [0.15, 0.2) is 25.7 Å². The Morgan fingerprint density at radius 1 is 0.962 bits per heavy atom. The molecular formula is C21H19Cl2NO2. The second kappa shape index (κ2) is 8.54. The molecular weight excluding hydrogens is 369 g/mol. The molecule has 4 rings (SSSR count). The molecule has 0 saturated heterocycles. The standard InChI is InChI=1S/C21H19ClNO2.ClH/c22-20-11-18(21-19(12-20)14-24-15-25-21)13-23-8-6-17(7-9-23)10-16-4-2-1-3-5-16;/h1-9,11-12H,10,13-15H2;1H/q+1;/p-1. The molecule has 0 spiro atoms. The summed E-state index contributed by atoms with van der Waals surface area (Å²) in [6.45, 7) is 1.56. The van der Waals surface area contributed by atoms with Crippen LogP contribution in [0.25, 0.3) is 0 Å². The molecule has 2 aromatic carbocycles. The fourth-order valence-electron chi connectivity index (χ4n) is 3.11. The highest BCUT2D eigenvalue weighted by molar-refractivity contribution is 6.30. The van der Waals surface area contributed by atoms with E-state index in [9.17, 15) is 0 Å². The lowest BCUT2D eigenvalue weighted by Crippen LogP contribution is -3.00. The van der Waals surface area contributed by atoms with Crippen molar-refractivity contribution in [3.63, 3.8) is 0 Å². The quantitative estimate of drug-likeness (QED) is 0.626. The molecule has 5 heteroatoms. The minimum atomic E-state index is 0. The molecule has 2 heterocycles. The summed E-state index contributed by atoms with van der Waals surface area (Å²) in [5.41, 5.74) is 4.69. The normalized spacial score (nSPS) is 12.7. The predicted molar refractivity (Wildman–Crippen MR) is 96.7 cm³/mol. The molecule has 3 nitrogen and oxygen atoms in total. The lowest BCUT2D eigenvalue weighted by Gasteiger charge is -2.20. The Kier molecular flexibility index (Phi) is 6.15. The van der Waals surface area contributed by atoms with Gasteiger partial charge in [0.2, 0.25) is 0 Å². The van der Waals surface area contributed by atoms with Crippen LogP contribution in [-0.2, 0) is 24.3 Å². The highest BCUT2D eigenvalue weighted by Crippen LogP contribution is 2.31. The van der Waals surface area contributed by atoms with Gasteiger partial charge < -0.3 is 21.9 Å². The minimum absolute atomic E-state index is 0. The van der Waals surface area contributed by atoms with Gasteiger partial charge in [-0.25, -0.2) is 4.57 Å². The van der Waals surface area contributed by atoms with Crippen LogP contribution in [0.1, 0.15) is 22.3 Å². The van der Waals surface area contributed by atoms with Crippen LogP contribution in [0.5, 0.6) is 5.75 Å². The van der Waals surface area contributed by atoms with Crippen molar-refractivity contribution in [1.29, 1.82) is 0 Å². The first-order chi connectivity index (χ1) is 12.3. The zero-order chi connectivity index (χ0) is 17.1. The third-order valence-electron chi connectivity index (χ3n) is 4.32. The number of hydrogen-bond donors (Lipinski definition) is 0. The molecule has 0 saturated carbocycles. The maximum Gasteiger partial charge on any atom is 0.189 e. The number of ether oxygens (including phenoxy) is 2. The smallest absolute Gasteiger partial charge is 0.189 e. The summed E-state index contributed by atoms with van der Waals surface area (Å²) in [4.78, 5) is 0. The summed E-state index contributed by atoms with van der Waals surface area (Å²) < 4.78 is 13.2. The number of pyridine rings is 1. The summed E-state index contributed by atoms with van der Waals surface area (Å²) in [6.07, 6.45) is 5.14. The van der Waals surface area contributed by atoms with Gasteiger partial charge in [-0.15, -0.1) is 0 Å². The molecule has 134 valence electrons. The van der Waals surface area contributed by atoms with Gasteiger partial charge in [0.05, 0.1) is 12.2 Å². The summed E-state index contributed by atoms with van der Waals surface area (Å²) in [5.74, 6) is 0.900. The number of fused-ring (bicyclic) bond motifs is 1. The Morgan fingerprint density at radius 3 is 2.46 bits per heavy atom. The zero-order valence-corrected chi connectivity index (χ0v) is 15.7. The highest BCUT2D eigenvalue weighted by atomic mass is 35.5. The van der Waals surface area contributed by atoms with Crippen molar-refractivity contribution in [3.8, 4) is 5.75 Å². The van der Waals surface area contributed by atoms with Gasteiger partial charge in [0.25, 0.3) is 0 Å². The van der Waals surface area contributed by atoms with E-state index in [4.69, 9.17) is 21.1 Å². The molecule has 3 aromatic rings. The Bertz CT molecular complexity index is 867. The van der Waals surface area contributed by atoms with Crippen molar-refractivity contribution in [1.82, 2.24) is 0 Å². The van der Waals surface area contributed by atoms with E-state index >= 15 is 0 Å². The lowest BCUT2D eigenvalue weighted by molar-refractivity contribution is -0.688. The molecule has 0 aliphatic carbocycles. The lowest BCUT2D eigenvalue weighted by atomic mass is 10.1. The van der Waals surface area contributed by atoms with Crippen LogP contribution < -0.4 is 21.7 Å². The third kappa shape index (κ3) is 4.36. The first-order valence-corrected chi connectivity index (χ1v) is 8.69. The third-order valence-corrected chi connectivity index (χ3v) is 4.53. The van der Waals surface area contributed by atoms with Gasteiger partial charge in [-0.1, -0.05) is 41.9 Å². The van der Waals surface area contributed by atoms with Crippen LogP contribution in [-0.4, -0.2) is 6.79 Å². The molecule has 1 aromatic heterocycles. The number of benzene rings is 2. The molecule has 0 unspecified atom stereocenters. The second-order valence-electron chi connectivity index (χ2n) is 6.20. The van der Waals surface area contributed by atoms with Gasteiger partial charge in [-0.2, -0.15) is 0 Å². The molecule has 0 bridgehead atoms. The van der Waals surface area contributed by atoms with Crippen molar-refractivity contribution >= 4 is 11.6 Å². The largest absolute Gasteiger partial charge is 1.00 e. The van der Waals surface area contributed by atoms with E-state index in [0.29, 0.717) is 25.0 Å². The first kappa shape index (κ1) is 18.7. The second-order valence-corrected chi connectivity index (χ2v) is 6.64. The van der Waals surface area contributed by atoms with Crippen molar-refractivity contribution in [2.24, 2.45) is 0 Å². The van der Waals surface area contributed by atoms with Crippen LogP contribution >= 0.6 is 11.6 Å². The highest BCUT2D eigenvalue weighted by Gasteiger charge is 2.18. The van der Waals surface area contributed by atoms with Crippen LogP contribution in [0.15, 0.2) is 67.0 Å². The maximum atomic E-state index is 6.24. The predicted octanol–water partition coefficient (Wildman–Crippen LogP) is 1.14. The van der Waals surface area contributed by atoms with Crippen molar-refractivity contribution in [2.45, 2.75) is 19.6 Å². The first-order valence-electron chi connectivity index (χ1n) is 8.32. The van der Waals surface area contributed by atoms with Gasteiger partial charge in [0, 0.05) is 22.7 Å². The Hall–Kier alpha value is -2.07. The monoisotopic (exact) mass is 387 g/mol. The molecule has 1 aliphatic heterocycles. The van der Waals surface area contributed by atoms with Crippen LogP contribution in [0.3, 0.4) is 0 Å². The van der Waals surface area contributed by atoms with Gasteiger partial charge >= 0.3 is 0 Å². The van der Waals surface area contributed by atoms with E-state index in [1.165, 1.54) is 11.1 Å². The van der Waals surface area contributed by atoms with Gasteiger partial charge in [-0.05, 0) is 29.7 Å². The number of rotatable bonds is 4. The number of halogens is 2. The fourth-order valence-corrected chi connectivity index (χ4v) is 3.38. The Balaban J connectivity index is 0.00000196. The average Bonchev–Trinajstić information content (AvgIpc) is 2.64. The van der Waals surface area contributed by atoms with Gasteiger partial charge in [-0.3, -0.25) is 0 Å². The molecule has 0 radical (unpaired) electrons. The molecule has 1 aliphatic rings. The zero-order valence-electron chi connectivity index (χ0n) is 14.2. The minimum Gasteiger partial charge on any atom is -1.00 e. The molecule has 0 fully saturated rings. The topological polar surface area (TPSA) is 22.3 Å². The number of aromatic nitrogens is 1. The summed E-state index contributed by atoms with van der Waals surface area (Å²) >= 11 is 6.24. The van der Waals surface area contributed by atoms with Crippen molar-refractivity contribution in [2.75, 3.05) is 6.79 Å². The number of nitrogens with zero attached hydrogens (tertiary/aromatic N) is 1. The SMILES string of the molecule is Clc1cc2c(c(C[n+]3ccc(Cc4ccccc4)cc3)c1)OCOC2.[Cl-]. The van der Waals surface area contributed by atoms with Crippen molar-refractivity contribution < 1.29 is 26.4 Å². The van der Waals surface area contributed by atoms with Crippen LogP contribution in [0.4, 0.5) is 0 Å².